The van der Waals surface area contributed by atoms with E-state index in [0.29, 0.717) is 18.6 Å². The summed E-state index contributed by atoms with van der Waals surface area (Å²) in [7, 11) is 0. The highest BCUT2D eigenvalue weighted by Crippen LogP contribution is 2.24. The average Bonchev–Trinajstić information content (AvgIpc) is 3.25. The molecule has 0 saturated carbocycles. The summed E-state index contributed by atoms with van der Waals surface area (Å²) in [5, 5.41) is 2.88. The van der Waals surface area contributed by atoms with Gasteiger partial charge in [0.15, 0.2) is 0 Å². The summed E-state index contributed by atoms with van der Waals surface area (Å²) in [5.41, 5.74) is 1.81. The number of hydrogen-bond acceptors (Lipinski definition) is 3. The van der Waals surface area contributed by atoms with Gasteiger partial charge in [-0.25, -0.2) is 0 Å². The van der Waals surface area contributed by atoms with Gasteiger partial charge in [0.2, 0.25) is 5.91 Å². The second kappa shape index (κ2) is 10.1. The van der Waals surface area contributed by atoms with Gasteiger partial charge in [-0.3, -0.25) is 4.79 Å². The minimum Gasteiger partial charge on any atom is -0.457 e. The number of aromatic nitrogens is 1. The van der Waals surface area contributed by atoms with Gasteiger partial charge in [0.05, 0.1) is 0 Å². The SMILES string of the molecule is O=CCCCCCC(=O)Nc1ccc(Oc2ccc(-n3cccc3)cc2)cc1. The molecule has 3 rings (SSSR count). The van der Waals surface area contributed by atoms with Crippen LogP contribution in [-0.4, -0.2) is 16.8 Å². The molecule has 1 amide bonds. The van der Waals surface area contributed by atoms with E-state index < -0.39 is 0 Å². The molecule has 0 aliphatic rings. The molecule has 2 aromatic carbocycles. The van der Waals surface area contributed by atoms with E-state index >= 15 is 0 Å². The Morgan fingerprint density at radius 2 is 1.54 bits per heavy atom. The number of aldehydes is 1. The van der Waals surface area contributed by atoms with Crippen LogP contribution in [0.2, 0.25) is 0 Å². The second-order valence-electron chi connectivity index (χ2n) is 6.52. The van der Waals surface area contributed by atoms with Crippen LogP contribution >= 0.6 is 0 Å². The Morgan fingerprint density at radius 3 is 2.18 bits per heavy atom. The Kier molecular flexibility index (Phi) is 7.01. The fraction of sp³-hybridized carbons (Fsp3) is 0.217. The van der Waals surface area contributed by atoms with E-state index in [2.05, 4.69) is 5.32 Å². The lowest BCUT2D eigenvalue weighted by molar-refractivity contribution is -0.116. The van der Waals surface area contributed by atoms with E-state index in [-0.39, 0.29) is 5.91 Å². The predicted molar refractivity (Wildman–Crippen MR) is 110 cm³/mol. The predicted octanol–water partition coefficient (Wildman–Crippen LogP) is 5.36. The molecule has 3 aromatic rings. The van der Waals surface area contributed by atoms with Crippen molar-refractivity contribution >= 4 is 17.9 Å². The number of amides is 1. The molecule has 0 bridgehead atoms. The van der Waals surface area contributed by atoms with Crippen molar-refractivity contribution in [2.75, 3.05) is 5.32 Å². The highest BCUT2D eigenvalue weighted by molar-refractivity contribution is 5.90. The van der Waals surface area contributed by atoms with Gasteiger partial charge in [0.1, 0.15) is 17.8 Å². The molecule has 144 valence electrons. The molecule has 0 aliphatic heterocycles. The minimum absolute atomic E-state index is 0.0135. The first-order chi connectivity index (χ1) is 13.7. The Hall–Kier alpha value is -3.34. The Balaban J connectivity index is 1.47. The Labute approximate surface area is 165 Å². The van der Waals surface area contributed by atoms with Crippen LogP contribution in [0.15, 0.2) is 73.1 Å². The molecule has 1 N–H and O–H groups in total. The lowest BCUT2D eigenvalue weighted by atomic mass is 10.1. The number of ether oxygens (including phenoxy) is 1. The van der Waals surface area contributed by atoms with Gasteiger partial charge in [-0.05, 0) is 73.5 Å². The van der Waals surface area contributed by atoms with Crippen molar-refractivity contribution in [3.63, 3.8) is 0 Å². The molecule has 0 radical (unpaired) electrons. The van der Waals surface area contributed by atoms with Crippen LogP contribution in [0.1, 0.15) is 32.1 Å². The van der Waals surface area contributed by atoms with Gasteiger partial charge in [-0.2, -0.15) is 0 Å². The normalized spacial score (nSPS) is 10.4. The van der Waals surface area contributed by atoms with Gasteiger partial charge < -0.3 is 19.4 Å². The molecule has 0 spiro atoms. The molecule has 1 heterocycles. The largest absolute Gasteiger partial charge is 0.457 e. The van der Waals surface area contributed by atoms with Crippen LogP contribution in [0.3, 0.4) is 0 Å². The lowest BCUT2D eigenvalue weighted by Gasteiger charge is -2.09. The monoisotopic (exact) mass is 376 g/mol. The van der Waals surface area contributed by atoms with Gasteiger partial charge in [-0.1, -0.05) is 6.42 Å². The van der Waals surface area contributed by atoms with Crippen molar-refractivity contribution in [3.05, 3.63) is 73.1 Å². The van der Waals surface area contributed by atoms with Gasteiger partial charge in [0.25, 0.3) is 0 Å². The standard InChI is InChI=1S/C23H24N2O3/c26-18-6-2-1-3-7-23(27)24-19-8-12-21(13-9-19)28-22-14-10-20(11-15-22)25-16-4-5-17-25/h4-5,8-18H,1-3,6-7H2,(H,24,27). The molecule has 0 saturated heterocycles. The van der Waals surface area contributed by atoms with E-state index in [4.69, 9.17) is 4.74 Å². The number of carbonyl (C=O) groups is 2. The first kappa shape index (κ1) is 19.4. The third kappa shape index (κ3) is 5.84. The smallest absolute Gasteiger partial charge is 0.224 e. The van der Waals surface area contributed by atoms with E-state index in [1.807, 2.05) is 77.6 Å². The average molecular weight is 376 g/mol. The summed E-state index contributed by atoms with van der Waals surface area (Å²) < 4.78 is 7.89. The molecule has 0 aliphatic carbocycles. The molecular weight excluding hydrogens is 352 g/mol. The number of hydrogen-bond donors (Lipinski definition) is 1. The van der Waals surface area contributed by atoms with Gasteiger partial charge in [0, 0.05) is 36.6 Å². The van der Waals surface area contributed by atoms with Gasteiger partial charge in [-0.15, -0.1) is 0 Å². The molecule has 0 unspecified atom stereocenters. The maximum absolute atomic E-state index is 11.9. The summed E-state index contributed by atoms with van der Waals surface area (Å²) in [5.74, 6) is 1.45. The van der Waals surface area contributed by atoms with Crippen molar-refractivity contribution in [1.82, 2.24) is 4.57 Å². The first-order valence-electron chi connectivity index (χ1n) is 9.49. The minimum atomic E-state index is -0.0135. The zero-order chi connectivity index (χ0) is 19.6. The van der Waals surface area contributed by atoms with E-state index in [9.17, 15) is 9.59 Å². The third-order valence-electron chi connectivity index (χ3n) is 4.34. The summed E-state index contributed by atoms with van der Waals surface area (Å²) in [6.07, 6.45) is 8.46. The Morgan fingerprint density at radius 1 is 0.893 bits per heavy atom. The van der Waals surface area contributed by atoms with Crippen molar-refractivity contribution < 1.29 is 14.3 Å². The van der Waals surface area contributed by atoms with E-state index in [0.717, 1.165) is 42.7 Å². The summed E-state index contributed by atoms with van der Waals surface area (Å²) in [4.78, 5) is 22.2. The van der Waals surface area contributed by atoms with Crippen LogP contribution in [0.25, 0.3) is 5.69 Å². The fourth-order valence-electron chi connectivity index (χ4n) is 2.85. The number of nitrogens with zero attached hydrogens (tertiary/aromatic N) is 1. The number of benzene rings is 2. The topological polar surface area (TPSA) is 60.3 Å². The number of carbonyl (C=O) groups excluding carboxylic acids is 2. The van der Waals surface area contributed by atoms with E-state index in [1.165, 1.54) is 0 Å². The number of anilines is 1. The van der Waals surface area contributed by atoms with Crippen LogP contribution in [0.5, 0.6) is 11.5 Å². The number of nitrogens with one attached hydrogen (secondary N) is 1. The second-order valence-corrected chi connectivity index (χ2v) is 6.52. The van der Waals surface area contributed by atoms with Crippen LogP contribution in [0.4, 0.5) is 5.69 Å². The molecular formula is C23H24N2O3. The summed E-state index contributed by atoms with van der Waals surface area (Å²) >= 11 is 0. The highest BCUT2D eigenvalue weighted by atomic mass is 16.5. The number of rotatable bonds is 10. The highest BCUT2D eigenvalue weighted by Gasteiger charge is 2.04. The van der Waals surface area contributed by atoms with E-state index in [1.54, 1.807) is 0 Å². The van der Waals surface area contributed by atoms with Crippen LogP contribution in [0, 0.1) is 0 Å². The first-order valence-corrected chi connectivity index (χ1v) is 9.49. The molecule has 28 heavy (non-hydrogen) atoms. The van der Waals surface area contributed by atoms with Crippen molar-refractivity contribution in [3.8, 4) is 17.2 Å². The molecule has 1 aromatic heterocycles. The van der Waals surface area contributed by atoms with Crippen molar-refractivity contribution in [2.24, 2.45) is 0 Å². The molecule has 0 atom stereocenters. The number of unbranched alkanes of at least 4 members (excludes halogenated alkanes) is 3. The Bertz CT molecular complexity index is 869. The van der Waals surface area contributed by atoms with Crippen LogP contribution in [-0.2, 0) is 9.59 Å². The van der Waals surface area contributed by atoms with Gasteiger partial charge >= 0.3 is 0 Å². The maximum Gasteiger partial charge on any atom is 0.224 e. The zero-order valence-corrected chi connectivity index (χ0v) is 15.7. The molecule has 5 nitrogen and oxygen atoms in total. The van der Waals surface area contributed by atoms with Crippen molar-refractivity contribution in [1.29, 1.82) is 0 Å². The fourth-order valence-corrected chi connectivity index (χ4v) is 2.85. The third-order valence-corrected chi connectivity index (χ3v) is 4.34. The van der Waals surface area contributed by atoms with Crippen LogP contribution < -0.4 is 10.1 Å². The maximum atomic E-state index is 11.9. The quantitative estimate of drug-likeness (QED) is 0.383. The summed E-state index contributed by atoms with van der Waals surface area (Å²) in [6.45, 7) is 0. The zero-order valence-electron chi connectivity index (χ0n) is 15.7. The molecule has 0 fully saturated rings. The van der Waals surface area contributed by atoms with Crippen molar-refractivity contribution in [2.45, 2.75) is 32.1 Å². The summed E-state index contributed by atoms with van der Waals surface area (Å²) in [6, 6.07) is 19.1. The lowest BCUT2D eigenvalue weighted by Crippen LogP contribution is -2.10. The molecule has 5 heteroatoms.